The Morgan fingerprint density at radius 1 is 1.42 bits per heavy atom. The second kappa shape index (κ2) is 6.86. The fourth-order valence-corrected chi connectivity index (χ4v) is 2.46. The highest BCUT2D eigenvalue weighted by molar-refractivity contribution is 7.09. The standard InChI is InChI=1S/C13H16N4OS/c14-13(17-18)12-10(3-1-6-16-12)9-15-7-5-11-4-2-8-19-11/h1-4,6,8,15,18H,5,7,9H2,(H2,14,17). The Hall–Kier alpha value is -1.92. The quantitative estimate of drug-likeness (QED) is 0.246. The zero-order chi connectivity index (χ0) is 13.5. The zero-order valence-electron chi connectivity index (χ0n) is 10.4. The second-order valence-electron chi connectivity index (χ2n) is 4.00. The lowest BCUT2D eigenvalue weighted by atomic mass is 10.2. The summed E-state index contributed by atoms with van der Waals surface area (Å²) in [6, 6.07) is 7.93. The van der Waals surface area contributed by atoms with Gasteiger partial charge in [0.15, 0.2) is 5.84 Å². The predicted octanol–water partition coefficient (Wildman–Crippen LogP) is 1.57. The molecule has 2 heterocycles. The number of aromatic nitrogens is 1. The maximum atomic E-state index is 8.71. The van der Waals surface area contributed by atoms with E-state index >= 15 is 0 Å². The van der Waals surface area contributed by atoms with Crippen molar-refractivity contribution in [2.75, 3.05) is 6.54 Å². The molecule has 6 heteroatoms. The molecule has 100 valence electrons. The molecular weight excluding hydrogens is 260 g/mol. The van der Waals surface area contributed by atoms with Crippen LogP contribution in [0.25, 0.3) is 0 Å². The topological polar surface area (TPSA) is 83.5 Å². The summed E-state index contributed by atoms with van der Waals surface area (Å²) >= 11 is 1.76. The van der Waals surface area contributed by atoms with Crippen LogP contribution in [0.1, 0.15) is 16.1 Å². The van der Waals surface area contributed by atoms with Gasteiger partial charge in [0.1, 0.15) is 5.69 Å². The van der Waals surface area contributed by atoms with Gasteiger partial charge in [0, 0.05) is 24.2 Å². The highest BCUT2D eigenvalue weighted by atomic mass is 32.1. The molecule has 2 aromatic heterocycles. The molecule has 0 saturated carbocycles. The van der Waals surface area contributed by atoms with Crippen LogP contribution in [0.2, 0.25) is 0 Å². The summed E-state index contributed by atoms with van der Waals surface area (Å²) in [5.74, 6) is 0.0376. The molecule has 0 radical (unpaired) electrons. The van der Waals surface area contributed by atoms with Gasteiger partial charge in [0.05, 0.1) is 0 Å². The summed E-state index contributed by atoms with van der Waals surface area (Å²) in [6.45, 7) is 1.52. The van der Waals surface area contributed by atoms with Crippen molar-refractivity contribution < 1.29 is 5.21 Å². The third-order valence-corrected chi connectivity index (χ3v) is 3.62. The van der Waals surface area contributed by atoms with E-state index < -0.39 is 0 Å². The first-order valence-corrected chi connectivity index (χ1v) is 6.84. The molecule has 19 heavy (non-hydrogen) atoms. The molecule has 0 atom stereocenters. The largest absolute Gasteiger partial charge is 0.409 e. The Balaban J connectivity index is 1.89. The zero-order valence-corrected chi connectivity index (χ0v) is 11.2. The SMILES string of the molecule is NC(=NO)c1ncccc1CNCCc1cccs1. The van der Waals surface area contributed by atoms with Crippen molar-refractivity contribution in [1.29, 1.82) is 0 Å². The first kappa shape index (κ1) is 13.5. The molecule has 2 rings (SSSR count). The number of hydrogen-bond acceptors (Lipinski definition) is 5. The normalized spacial score (nSPS) is 11.7. The van der Waals surface area contributed by atoms with Crippen molar-refractivity contribution in [2.45, 2.75) is 13.0 Å². The van der Waals surface area contributed by atoms with E-state index in [9.17, 15) is 0 Å². The van der Waals surface area contributed by atoms with E-state index in [0.717, 1.165) is 18.5 Å². The minimum absolute atomic E-state index is 0.0376. The predicted molar refractivity (Wildman–Crippen MR) is 76.5 cm³/mol. The number of nitrogens with one attached hydrogen (secondary N) is 1. The van der Waals surface area contributed by atoms with Crippen LogP contribution in [-0.4, -0.2) is 22.6 Å². The number of hydrogen-bond donors (Lipinski definition) is 3. The van der Waals surface area contributed by atoms with E-state index in [2.05, 4.69) is 33.0 Å². The summed E-state index contributed by atoms with van der Waals surface area (Å²) in [5.41, 5.74) is 7.03. The maximum absolute atomic E-state index is 8.71. The lowest BCUT2D eigenvalue weighted by Gasteiger charge is -2.08. The summed E-state index contributed by atoms with van der Waals surface area (Å²) in [7, 11) is 0. The molecule has 0 amide bonds. The maximum Gasteiger partial charge on any atom is 0.189 e. The molecule has 0 spiro atoms. The molecule has 4 N–H and O–H groups in total. The molecule has 0 fully saturated rings. The molecule has 0 aliphatic heterocycles. The highest BCUT2D eigenvalue weighted by Crippen LogP contribution is 2.09. The van der Waals surface area contributed by atoms with Crippen LogP contribution in [0.3, 0.4) is 0 Å². The molecule has 0 unspecified atom stereocenters. The molecular formula is C13H16N4OS. The van der Waals surface area contributed by atoms with Gasteiger partial charge >= 0.3 is 0 Å². The van der Waals surface area contributed by atoms with Crippen LogP contribution < -0.4 is 11.1 Å². The Bertz CT molecular complexity index is 539. The second-order valence-corrected chi connectivity index (χ2v) is 5.03. The van der Waals surface area contributed by atoms with Crippen LogP contribution in [0.15, 0.2) is 41.0 Å². The fraction of sp³-hybridized carbons (Fsp3) is 0.231. The van der Waals surface area contributed by atoms with Gasteiger partial charge in [0.25, 0.3) is 0 Å². The van der Waals surface area contributed by atoms with E-state index in [4.69, 9.17) is 10.9 Å². The van der Waals surface area contributed by atoms with Gasteiger partial charge in [-0.05, 0) is 29.5 Å². The first-order valence-electron chi connectivity index (χ1n) is 5.96. The minimum Gasteiger partial charge on any atom is -0.409 e. The van der Waals surface area contributed by atoms with Crippen LogP contribution >= 0.6 is 11.3 Å². The summed E-state index contributed by atoms with van der Waals surface area (Å²) in [4.78, 5) is 5.48. The average molecular weight is 276 g/mol. The smallest absolute Gasteiger partial charge is 0.189 e. The van der Waals surface area contributed by atoms with Gasteiger partial charge in [-0.2, -0.15) is 0 Å². The van der Waals surface area contributed by atoms with Crippen molar-refractivity contribution in [3.63, 3.8) is 0 Å². The fourth-order valence-electron chi connectivity index (χ4n) is 1.75. The molecule has 0 bridgehead atoms. The third kappa shape index (κ3) is 3.77. The number of pyridine rings is 1. The Labute approximate surface area is 115 Å². The molecule has 5 nitrogen and oxygen atoms in total. The van der Waals surface area contributed by atoms with Gasteiger partial charge in [-0.25, -0.2) is 0 Å². The van der Waals surface area contributed by atoms with Crippen molar-refractivity contribution in [2.24, 2.45) is 10.9 Å². The number of amidine groups is 1. The Morgan fingerprint density at radius 2 is 2.32 bits per heavy atom. The van der Waals surface area contributed by atoms with Crippen LogP contribution in [0.4, 0.5) is 0 Å². The summed E-state index contributed by atoms with van der Waals surface area (Å²) in [6.07, 6.45) is 2.62. The van der Waals surface area contributed by atoms with E-state index in [0.29, 0.717) is 12.2 Å². The van der Waals surface area contributed by atoms with Crippen LogP contribution in [0.5, 0.6) is 0 Å². The molecule has 0 aliphatic carbocycles. The molecule has 2 aromatic rings. The lowest BCUT2D eigenvalue weighted by molar-refractivity contribution is 0.318. The first-order chi connectivity index (χ1) is 9.31. The molecule has 0 aromatic carbocycles. The molecule has 0 aliphatic rings. The van der Waals surface area contributed by atoms with Crippen LogP contribution in [0, 0.1) is 0 Å². The monoisotopic (exact) mass is 276 g/mol. The number of nitrogens with zero attached hydrogens (tertiary/aromatic N) is 2. The number of nitrogens with two attached hydrogens (primary N) is 1. The Morgan fingerprint density at radius 3 is 3.05 bits per heavy atom. The van der Waals surface area contributed by atoms with Gasteiger partial charge in [0.2, 0.25) is 0 Å². The van der Waals surface area contributed by atoms with Crippen molar-refractivity contribution >= 4 is 17.2 Å². The van der Waals surface area contributed by atoms with Crippen molar-refractivity contribution in [3.8, 4) is 0 Å². The minimum atomic E-state index is 0.0376. The summed E-state index contributed by atoms with van der Waals surface area (Å²) < 4.78 is 0. The van der Waals surface area contributed by atoms with E-state index in [1.54, 1.807) is 17.5 Å². The van der Waals surface area contributed by atoms with Crippen molar-refractivity contribution in [1.82, 2.24) is 10.3 Å². The molecule has 0 saturated heterocycles. The lowest BCUT2D eigenvalue weighted by Crippen LogP contribution is -2.22. The van der Waals surface area contributed by atoms with Gasteiger partial charge in [-0.3, -0.25) is 4.98 Å². The van der Waals surface area contributed by atoms with Gasteiger partial charge in [-0.1, -0.05) is 17.3 Å². The number of rotatable bonds is 6. The van der Waals surface area contributed by atoms with E-state index in [-0.39, 0.29) is 5.84 Å². The van der Waals surface area contributed by atoms with Crippen LogP contribution in [-0.2, 0) is 13.0 Å². The van der Waals surface area contributed by atoms with E-state index in [1.807, 2.05) is 12.1 Å². The van der Waals surface area contributed by atoms with Crippen molar-refractivity contribution in [3.05, 3.63) is 52.0 Å². The third-order valence-electron chi connectivity index (χ3n) is 2.69. The number of oxime groups is 1. The highest BCUT2D eigenvalue weighted by Gasteiger charge is 2.07. The van der Waals surface area contributed by atoms with Gasteiger partial charge < -0.3 is 16.3 Å². The van der Waals surface area contributed by atoms with Gasteiger partial charge in [-0.15, -0.1) is 11.3 Å². The average Bonchev–Trinajstić information content (AvgIpc) is 2.96. The van der Waals surface area contributed by atoms with E-state index in [1.165, 1.54) is 4.88 Å². The summed E-state index contributed by atoms with van der Waals surface area (Å²) in [5, 5.41) is 17.1. The number of thiophene rings is 1. The Kier molecular flexibility index (Phi) is 4.88.